The number of aromatic nitrogens is 2. The molecule has 1 aliphatic heterocycles. The first-order valence-electron chi connectivity index (χ1n) is 6.64. The first-order valence-corrected chi connectivity index (χ1v) is 6.64. The highest BCUT2D eigenvalue weighted by Crippen LogP contribution is 2.32. The van der Waals surface area contributed by atoms with Crippen molar-refractivity contribution in [1.29, 1.82) is 0 Å². The molecule has 0 amide bonds. The lowest BCUT2D eigenvalue weighted by Crippen LogP contribution is -2.31. The van der Waals surface area contributed by atoms with Crippen LogP contribution in [0, 0.1) is 0 Å². The Hall–Kier alpha value is -3.15. The number of fused-ring (bicyclic) bond motifs is 1. The van der Waals surface area contributed by atoms with E-state index in [1.165, 1.54) is 12.2 Å². The summed E-state index contributed by atoms with van der Waals surface area (Å²) in [6.45, 7) is 3.62. The molecule has 0 saturated carbocycles. The predicted octanol–water partition coefficient (Wildman–Crippen LogP) is 1.68. The van der Waals surface area contributed by atoms with Crippen molar-refractivity contribution >= 4 is 23.6 Å². The van der Waals surface area contributed by atoms with Crippen molar-refractivity contribution in [2.45, 2.75) is 6.54 Å². The number of rotatable bonds is 3. The smallest absolute Gasteiger partial charge is 0.331 e. The molecule has 0 atom stereocenters. The summed E-state index contributed by atoms with van der Waals surface area (Å²) in [5.74, 6) is -0.390. The minimum absolute atomic E-state index is 0.0135. The third-order valence-electron chi connectivity index (χ3n) is 3.38. The molecule has 2 N–H and O–H groups in total. The van der Waals surface area contributed by atoms with Gasteiger partial charge in [-0.1, -0.05) is 24.3 Å². The molecule has 0 radical (unpaired) electrons. The molecule has 110 valence electrons. The van der Waals surface area contributed by atoms with Gasteiger partial charge in [-0.05, 0) is 12.1 Å². The van der Waals surface area contributed by atoms with Crippen LogP contribution in [0.4, 0.5) is 5.69 Å². The summed E-state index contributed by atoms with van der Waals surface area (Å²) in [6.07, 6.45) is 4.59. The zero-order valence-corrected chi connectivity index (χ0v) is 11.6. The summed E-state index contributed by atoms with van der Waals surface area (Å²) in [7, 11) is 0. The summed E-state index contributed by atoms with van der Waals surface area (Å²) < 4.78 is 1.04. The van der Waals surface area contributed by atoms with E-state index in [-0.39, 0.29) is 18.0 Å². The molecule has 2 heterocycles. The van der Waals surface area contributed by atoms with E-state index < -0.39 is 11.2 Å². The zero-order valence-electron chi connectivity index (χ0n) is 11.6. The highest BCUT2D eigenvalue weighted by molar-refractivity contribution is 6.21. The van der Waals surface area contributed by atoms with Crippen LogP contribution in [0.3, 0.4) is 0 Å². The van der Waals surface area contributed by atoms with E-state index >= 15 is 0 Å². The van der Waals surface area contributed by atoms with Crippen molar-refractivity contribution in [3.05, 3.63) is 68.9 Å². The molecule has 0 spiro atoms. The van der Waals surface area contributed by atoms with E-state index in [2.05, 4.69) is 16.6 Å². The fourth-order valence-corrected chi connectivity index (χ4v) is 2.31. The molecule has 6 heteroatoms. The minimum atomic E-state index is -0.676. The van der Waals surface area contributed by atoms with Gasteiger partial charge in [-0.2, -0.15) is 0 Å². The third kappa shape index (κ3) is 2.20. The number of hydrogen-bond donors (Lipinski definition) is 2. The Morgan fingerprint density at radius 2 is 2.09 bits per heavy atom. The Balaban J connectivity index is 2.19. The molecule has 0 saturated heterocycles. The number of aromatic amines is 1. The van der Waals surface area contributed by atoms with Crippen LogP contribution in [-0.2, 0) is 6.54 Å². The first kappa shape index (κ1) is 13.8. The van der Waals surface area contributed by atoms with E-state index in [1.807, 2.05) is 24.3 Å². The maximum Gasteiger partial charge on any atom is 0.331 e. The highest BCUT2D eigenvalue weighted by Gasteiger charge is 2.16. The molecule has 22 heavy (non-hydrogen) atoms. The van der Waals surface area contributed by atoms with Gasteiger partial charge in [0.05, 0.1) is 5.69 Å². The van der Waals surface area contributed by atoms with Crippen LogP contribution in [0.25, 0.3) is 11.6 Å². The molecular weight excluding hydrogens is 282 g/mol. The van der Waals surface area contributed by atoms with Gasteiger partial charge in [0, 0.05) is 23.9 Å². The van der Waals surface area contributed by atoms with Gasteiger partial charge in [0.15, 0.2) is 0 Å². The number of nitrogens with zero attached hydrogens (tertiary/aromatic N) is 2. The van der Waals surface area contributed by atoms with Crippen LogP contribution in [0.15, 0.2) is 51.5 Å². The number of aliphatic imine (C=N–C) groups is 1. The Morgan fingerprint density at radius 1 is 1.32 bits per heavy atom. The van der Waals surface area contributed by atoms with Crippen LogP contribution < -0.4 is 11.2 Å². The van der Waals surface area contributed by atoms with E-state index in [0.717, 1.165) is 15.8 Å². The van der Waals surface area contributed by atoms with Crippen molar-refractivity contribution in [2.75, 3.05) is 0 Å². The molecule has 0 bridgehead atoms. The number of benzene rings is 1. The van der Waals surface area contributed by atoms with Crippen LogP contribution in [0.5, 0.6) is 5.88 Å². The second-order valence-electron chi connectivity index (χ2n) is 4.77. The molecule has 3 rings (SSSR count). The molecule has 2 aromatic rings. The van der Waals surface area contributed by atoms with Gasteiger partial charge in [-0.25, -0.2) is 4.79 Å². The standard InChI is InChI=1S/C16H13N3O3/c1-2-7-19-15(21)12(14(20)18-16(19)22)8-10-9-17-13-6-4-3-5-11(10)13/h2-6,8-9,21H,1,7H2,(H,18,20,22)/b10-8-. The molecule has 1 aromatic carbocycles. The van der Waals surface area contributed by atoms with Crippen LogP contribution in [0.2, 0.25) is 0 Å². The first-order chi connectivity index (χ1) is 10.6. The monoisotopic (exact) mass is 295 g/mol. The molecule has 1 aliphatic rings. The lowest BCUT2D eigenvalue weighted by molar-refractivity contribution is 0.409. The Kier molecular flexibility index (Phi) is 3.34. The lowest BCUT2D eigenvalue weighted by Gasteiger charge is -2.07. The van der Waals surface area contributed by atoms with E-state index in [9.17, 15) is 14.7 Å². The second-order valence-corrected chi connectivity index (χ2v) is 4.77. The summed E-state index contributed by atoms with van der Waals surface area (Å²) in [5, 5.41) is 10.2. The maximum absolute atomic E-state index is 12.0. The van der Waals surface area contributed by atoms with Gasteiger partial charge in [0.25, 0.3) is 5.56 Å². The van der Waals surface area contributed by atoms with E-state index in [1.54, 1.807) is 6.21 Å². The largest absolute Gasteiger partial charge is 0.494 e. The Bertz CT molecular complexity index is 932. The fraction of sp³-hybridized carbons (Fsp3) is 0.0625. The number of nitrogens with one attached hydrogen (secondary N) is 1. The molecule has 0 fully saturated rings. The number of para-hydroxylation sites is 1. The SMILES string of the molecule is C=CCn1c(O)c(/C=C2/C=Nc3ccccc32)c(=O)[nH]c1=O. The van der Waals surface area contributed by atoms with Gasteiger partial charge >= 0.3 is 5.69 Å². The van der Waals surface area contributed by atoms with Crippen molar-refractivity contribution in [2.24, 2.45) is 4.99 Å². The van der Waals surface area contributed by atoms with Gasteiger partial charge in [0.1, 0.15) is 5.56 Å². The molecule has 0 aliphatic carbocycles. The van der Waals surface area contributed by atoms with Crippen LogP contribution in [0.1, 0.15) is 11.1 Å². The summed E-state index contributed by atoms with van der Waals surface area (Å²) >= 11 is 0. The second kappa shape index (κ2) is 5.33. The molecule has 1 aromatic heterocycles. The number of allylic oxidation sites excluding steroid dienone is 2. The molecule has 6 nitrogen and oxygen atoms in total. The average molecular weight is 295 g/mol. The van der Waals surface area contributed by atoms with Crippen molar-refractivity contribution < 1.29 is 5.11 Å². The lowest BCUT2D eigenvalue weighted by atomic mass is 10.1. The predicted molar refractivity (Wildman–Crippen MR) is 85.6 cm³/mol. The fourth-order valence-electron chi connectivity index (χ4n) is 2.31. The summed E-state index contributed by atoms with van der Waals surface area (Å²) in [4.78, 5) is 30.1. The molecule has 0 unspecified atom stereocenters. The topological polar surface area (TPSA) is 87.4 Å². The normalized spacial score (nSPS) is 14.3. The van der Waals surface area contributed by atoms with Crippen molar-refractivity contribution in [3.63, 3.8) is 0 Å². The van der Waals surface area contributed by atoms with E-state index in [0.29, 0.717) is 5.57 Å². The third-order valence-corrected chi connectivity index (χ3v) is 3.38. The van der Waals surface area contributed by atoms with Gasteiger partial charge in [-0.15, -0.1) is 6.58 Å². The van der Waals surface area contributed by atoms with Crippen molar-refractivity contribution in [3.8, 4) is 5.88 Å². The highest BCUT2D eigenvalue weighted by atomic mass is 16.3. The van der Waals surface area contributed by atoms with Crippen molar-refractivity contribution in [1.82, 2.24) is 9.55 Å². The number of H-pyrrole nitrogens is 1. The van der Waals surface area contributed by atoms with Gasteiger partial charge < -0.3 is 5.11 Å². The van der Waals surface area contributed by atoms with E-state index in [4.69, 9.17) is 0 Å². The Labute approximate surface area is 125 Å². The zero-order chi connectivity index (χ0) is 15.7. The Morgan fingerprint density at radius 3 is 2.86 bits per heavy atom. The molecular formula is C16H13N3O3. The summed E-state index contributed by atoms with van der Waals surface area (Å²) in [6, 6.07) is 7.46. The van der Waals surface area contributed by atoms with Gasteiger partial charge in [0.2, 0.25) is 5.88 Å². The number of aromatic hydroxyl groups is 1. The summed E-state index contributed by atoms with van der Waals surface area (Å²) in [5.41, 5.74) is 1.05. The minimum Gasteiger partial charge on any atom is -0.494 e. The quantitative estimate of drug-likeness (QED) is 0.845. The number of hydrogen-bond acceptors (Lipinski definition) is 4. The average Bonchev–Trinajstić information content (AvgIpc) is 2.91. The van der Waals surface area contributed by atoms with Crippen LogP contribution >= 0.6 is 0 Å². The van der Waals surface area contributed by atoms with Crippen LogP contribution in [-0.4, -0.2) is 20.9 Å². The maximum atomic E-state index is 12.0. The van der Waals surface area contributed by atoms with Gasteiger partial charge in [-0.3, -0.25) is 19.3 Å².